The molecule has 13 N–H and O–H groups in total. The lowest BCUT2D eigenvalue weighted by molar-refractivity contribution is -0.114. The fraction of sp³-hybridized carbons (Fsp3) is 0.425. The molecular weight excluding hydrogens is 1930 g/mol. The van der Waals surface area contributed by atoms with E-state index in [0.717, 1.165) is 116 Å². The minimum absolute atomic E-state index is 0. The molecule has 35 nitrogen and oxygen atoms in total. The van der Waals surface area contributed by atoms with Crippen LogP contribution < -0.4 is 19.5 Å². The second kappa shape index (κ2) is 54.6. The number of aliphatic hydroxyl groups is 3. The van der Waals surface area contributed by atoms with Gasteiger partial charge in [0.1, 0.15) is 15.9 Å². The lowest BCUT2D eigenvalue weighted by atomic mass is 9.93. The Labute approximate surface area is 862 Å². The normalized spacial score (nSPS) is 14.6. The molecular formula is C106H142ClN19O16S3. The smallest absolute Gasteiger partial charge is 0.274 e. The summed E-state index contributed by atoms with van der Waals surface area (Å²) < 4.78 is 56.7. The molecule has 3 aliphatic heterocycles. The van der Waals surface area contributed by atoms with Crippen LogP contribution >= 0.6 is 11.6 Å². The van der Waals surface area contributed by atoms with Gasteiger partial charge >= 0.3 is 0 Å². The summed E-state index contributed by atoms with van der Waals surface area (Å²) in [5.74, 6) is -1.60. The first-order chi connectivity index (χ1) is 68.3. The number of carbonyl (C=O) groups excluding carboxylic acids is 7. The highest BCUT2D eigenvalue weighted by atomic mass is 35.5. The second-order valence-corrected chi connectivity index (χ2v) is 40.7. The second-order valence-electron chi connectivity index (χ2n) is 36.5. The molecule has 6 atom stereocenters. The number of nitrogens with one attached hydrogen (secondary N) is 4. The number of aryl methyl sites for hydroxylation is 5. The minimum Gasteiger partial charge on any atom is -0.412 e. The highest BCUT2D eigenvalue weighted by Gasteiger charge is 2.38. The zero-order valence-corrected chi connectivity index (χ0v) is 88.9. The quantitative estimate of drug-likeness (QED) is 0.0187. The highest BCUT2D eigenvalue weighted by Crippen LogP contribution is 2.36. The van der Waals surface area contributed by atoms with Crippen LogP contribution in [-0.4, -0.2) is 250 Å². The number of amides is 7. The van der Waals surface area contributed by atoms with Gasteiger partial charge in [0.2, 0.25) is 5.91 Å². The molecule has 11 aromatic rings. The number of aromatic nitrogens is 8. The number of aliphatic hydroxyl groups excluding tert-OH is 3. The van der Waals surface area contributed by atoms with Crippen molar-refractivity contribution in [3.63, 3.8) is 0 Å². The average molecular weight is 2070 g/mol. The number of unbranched alkanes of at least 4 members (excludes halogenated alkanes) is 6. The number of hydrogen-bond donors (Lipinski definition) is 7. The summed E-state index contributed by atoms with van der Waals surface area (Å²) in [5, 5.41) is 52.5. The van der Waals surface area contributed by atoms with Crippen molar-refractivity contribution >= 4 is 109 Å². The summed E-state index contributed by atoms with van der Waals surface area (Å²) in [6.07, 6.45) is 12.9. The van der Waals surface area contributed by atoms with Crippen molar-refractivity contribution in [1.82, 2.24) is 72.8 Å². The number of hydrogen-bond acceptors (Lipinski definition) is 17. The summed E-state index contributed by atoms with van der Waals surface area (Å²) in [6.45, 7) is 27.6. The maximum atomic E-state index is 14.6. The van der Waals surface area contributed by atoms with E-state index < -0.39 is 51.3 Å². The first kappa shape index (κ1) is 116. The van der Waals surface area contributed by atoms with Gasteiger partial charge in [-0.15, -0.1) is 0 Å². The van der Waals surface area contributed by atoms with Crippen molar-refractivity contribution in [2.45, 2.75) is 227 Å². The fourth-order valence-corrected chi connectivity index (χ4v) is 20.6. The van der Waals surface area contributed by atoms with Crippen molar-refractivity contribution in [1.29, 1.82) is 0 Å². The van der Waals surface area contributed by atoms with Crippen LogP contribution in [0, 0.1) is 34.6 Å². The lowest BCUT2D eigenvalue weighted by Crippen LogP contribution is -2.46. The number of nitrogens with zero attached hydrogens (tertiary/aromatic N) is 15. The van der Waals surface area contributed by atoms with E-state index in [9.17, 15) is 61.5 Å². The number of anilines is 4. The molecule has 0 fully saturated rings. The standard InChI is InChI=1S/C38H45ClN6O5S.C36H47N7O4S.C32H44N6O4S.3H2O/c1-5-7-17-43(18-8-6-2)38(49)35-19-25(3)45(41-35)36-16-13-29(42-51(50)31-14-15-34(33(39)22-31)40-26(4)47)21-32(36)37(48)44-23-28-12-10-9-11-27(28)20-30(44)24-46;1-7-9-17-41(18-10-8-2)36(46)32-19-24(3)43(38-32)33-16-15-29(39-48(47)34-25(4)37-40(6)26(34)5)21-31(33)35(45)42-22-28-14-12-11-13-27(28)20-30(42)23-44;1-6-8-16-36(17-9-7-2)32(41)29-18-23(3)38(33-29)30-15-14-26(34-43(42)35(4)5)20-28(30)31(40)37-21-25-13-11-10-12-24(25)19-27(37)22-39;;;/h9-16,19,21-22,30,42,46H,5-8,17-18,20,23-24H2,1-4H3,(H,40,47);11-16,19,21,30,39,44H,7-10,17-18,20,22-23H2,1-6H3;10-15,18,20,27,34,39H,6-9,16-17,19,21-22H2,1-5H3;3*1H2/t30-,51?;30-,48?;27-,43?;;;/m000.../s1. The van der Waals surface area contributed by atoms with Gasteiger partial charge in [0.05, 0.1) is 98.7 Å². The number of halogens is 1. The minimum atomic E-state index is -1.78. The molecule has 0 radical (unpaired) electrons. The van der Waals surface area contributed by atoms with Gasteiger partial charge in [-0.2, -0.15) is 20.4 Å². The molecule has 3 unspecified atom stereocenters. The van der Waals surface area contributed by atoms with Crippen molar-refractivity contribution in [2.24, 2.45) is 7.05 Å². The van der Waals surface area contributed by atoms with Gasteiger partial charge in [-0.05, 0) is 217 Å². The van der Waals surface area contributed by atoms with Crippen LogP contribution in [0.1, 0.15) is 250 Å². The van der Waals surface area contributed by atoms with E-state index in [-0.39, 0.29) is 88.2 Å². The Hall–Kier alpha value is -12.5. The Bertz CT molecular complexity index is 6380. The molecule has 4 aromatic heterocycles. The Morgan fingerprint density at radius 2 is 0.724 bits per heavy atom. The van der Waals surface area contributed by atoms with Crippen molar-refractivity contribution in [2.75, 3.05) is 92.7 Å². The van der Waals surface area contributed by atoms with E-state index in [4.69, 9.17) is 26.9 Å². The molecule has 7 aromatic carbocycles. The Balaban J connectivity index is 0.000000241. The Kier molecular flexibility index (Phi) is 43.7. The van der Waals surface area contributed by atoms with E-state index in [1.807, 2.05) is 122 Å². The van der Waals surface area contributed by atoms with E-state index in [1.54, 1.807) is 139 Å². The molecule has 0 aliphatic carbocycles. The Morgan fingerprint density at radius 3 is 1.01 bits per heavy atom. The lowest BCUT2D eigenvalue weighted by Gasteiger charge is -2.36. The van der Waals surface area contributed by atoms with Crippen LogP contribution in [0.3, 0.4) is 0 Å². The van der Waals surface area contributed by atoms with Gasteiger partial charge in [0.25, 0.3) is 35.4 Å². The van der Waals surface area contributed by atoms with Crippen molar-refractivity contribution in [3.8, 4) is 17.1 Å². The van der Waals surface area contributed by atoms with Gasteiger partial charge < -0.3 is 75.9 Å². The number of benzene rings is 7. The van der Waals surface area contributed by atoms with Crippen LogP contribution in [0.4, 0.5) is 22.7 Å². The van der Waals surface area contributed by atoms with Crippen LogP contribution in [0.25, 0.3) is 17.1 Å². The first-order valence-electron chi connectivity index (χ1n) is 49.1. The molecule has 7 amide bonds. The highest BCUT2D eigenvalue weighted by molar-refractivity contribution is 7.86. The van der Waals surface area contributed by atoms with Gasteiger partial charge in [-0.1, -0.05) is 164 Å². The summed E-state index contributed by atoms with van der Waals surface area (Å²) in [5.41, 5.74) is 14.9. The van der Waals surface area contributed by atoms with Gasteiger partial charge in [-0.25, -0.2) is 31.0 Å². The zero-order chi connectivity index (χ0) is 102. The summed E-state index contributed by atoms with van der Waals surface area (Å²) in [4.78, 5) is 108. The predicted molar refractivity (Wildman–Crippen MR) is 570 cm³/mol. The topological polar surface area (TPSA) is 468 Å². The van der Waals surface area contributed by atoms with Crippen LogP contribution in [0.2, 0.25) is 5.02 Å². The Morgan fingerprint density at radius 1 is 0.414 bits per heavy atom. The van der Waals surface area contributed by atoms with Gasteiger partial charge in [-0.3, -0.25) is 43.0 Å². The third-order valence-corrected chi connectivity index (χ3v) is 29.6. The molecule has 0 saturated heterocycles. The van der Waals surface area contributed by atoms with Crippen LogP contribution in [0.15, 0.2) is 174 Å². The third kappa shape index (κ3) is 28.4. The molecule has 14 rings (SSSR count). The summed E-state index contributed by atoms with van der Waals surface area (Å²) in [7, 11) is 1.76. The monoisotopic (exact) mass is 2070 g/mol. The third-order valence-electron chi connectivity index (χ3n) is 25.8. The molecule has 0 spiro atoms. The maximum Gasteiger partial charge on any atom is 0.274 e. The number of carbonyl (C=O) groups is 7. The average Bonchev–Trinajstić information content (AvgIpc) is 1.71. The number of rotatable bonds is 40. The van der Waals surface area contributed by atoms with Crippen LogP contribution in [-0.2, 0) is 83.9 Å². The van der Waals surface area contributed by atoms with Gasteiger partial charge in [0.15, 0.2) is 39.2 Å². The molecule has 7 heterocycles. The first-order valence-corrected chi connectivity index (χ1v) is 52.8. The van der Waals surface area contributed by atoms with Crippen LogP contribution in [0.5, 0.6) is 0 Å². The number of fused-ring (bicyclic) bond motifs is 3. The zero-order valence-electron chi connectivity index (χ0n) is 85.6. The van der Waals surface area contributed by atoms with E-state index in [0.29, 0.717) is 179 Å². The van der Waals surface area contributed by atoms with Crippen molar-refractivity contribution < 1.29 is 77.9 Å². The van der Waals surface area contributed by atoms with Gasteiger partial charge in [0, 0.05) is 121 Å². The summed E-state index contributed by atoms with van der Waals surface area (Å²) >= 11 is 4.84. The SMILES string of the molecule is CCCCN(CCCC)C(=O)c1cc(C)n(-c2ccc(NS(=O)N(C)C)cc2C(=O)N2Cc3ccccc3C[C@H]2CO)n1.CCCCN(CCCC)C(=O)c1cc(C)n(-c2ccc(NS(=O)c3c(C)nn(C)c3C)cc2C(=O)N2Cc3ccccc3C[C@H]2CO)n1.CCCCN(CCCC)C(=O)c1cc(C)n(-c2ccc(NS(=O)c3ccc(NC(C)=O)c(Cl)c3)cc2C(=O)N2Cc3ccccc3C[C@H]2CO)n1.O.O.O. The van der Waals surface area contributed by atoms with E-state index >= 15 is 0 Å². The van der Waals surface area contributed by atoms with E-state index in [1.165, 1.54) is 17.3 Å². The largest absolute Gasteiger partial charge is 0.412 e. The molecule has 0 bridgehead atoms. The summed E-state index contributed by atoms with van der Waals surface area (Å²) in [6, 6.07) is 47.8. The molecule has 0 saturated carbocycles. The molecule has 39 heteroatoms. The fourth-order valence-electron chi connectivity index (χ4n) is 17.7. The van der Waals surface area contributed by atoms with Crippen molar-refractivity contribution in [3.05, 3.63) is 264 Å². The molecule has 145 heavy (non-hydrogen) atoms. The maximum absolute atomic E-state index is 14.6. The van der Waals surface area contributed by atoms with E-state index in [2.05, 4.69) is 66.1 Å². The predicted octanol–water partition coefficient (Wildman–Crippen LogP) is 13.7. The molecule has 3 aliphatic rings. The molecule has 782 valence electrons.